The second kappa shape index (κ2) is 8.18. The summed E-state index contributed by atoms with van der Waals surface area (Å²) >= 11 is 0. The minimum atomic E-state index is -1.75. The van der Waals surface area contributed by atoms with Crippen molar-refractivity contribution in [1.29, 1.82) is 0 Å². The van der Waals surface area contributed by atoms with Crippen LogP contribution in [-0.2, 0) is 11.2 Å². The molecule has 1 amide bonds. The standard InChI is InChI=1S/C19H20BNO5/c22-11-16(13-6-2-1-3-7-13)19(23)21-18(20(24)25)10-14-12-26-17-9-5-4-8-15(14)17/h1-9,12,16,18,22,24-25H,10-11H2,(H,21,23)/t16?,18-/m1/s1. The Balaban J connectivity index is 1.77. The van der Waals surface area contributed by atoms with Gasteiger partial charge in [-0.05, 0) is 23.6 Å². The van der Waals surface area contributed by atoms with Crippen LogP contribution in [0.3, 0.4) is 0 Å². The second-order valence-electron chi connectivity index (χ2n) is 6.14. The van der Waals surface area contributed by atoms with E-state index in [1.807, 2.05) is 30.3 Å². The van der Waals surface area contributed by atoms with Crippen molar-refractivity contribution in [3.63, 3.8) is 0 Å². The summed E-state index contributed by atoms with van der Waals surface area (Å²) in [6.45, 7) is -0.376. The van der Waals surface area contributed by atoms with Crippen LogP contribution in [0.15, 0.2) is 65.3 Å². The van der Waals surface area contributed by atoms with Crippen molar-refractivity contribution in [2.45, 2.75) is 18.3 Å². The number of aliphatic hydroxyl groups is 1. The zero-order valence-electron chi connectivity index (χ0n) is 14.1. The molecule has 26 heavy (non-hydrogen) atoms. The minimum absolute atomic E-state index is 0.188. The van der Waals surface area contributed by atoms with Crippen LogP contribution in [0.5, 0.6) is 0 Å². The van der Waals surface area contributed by atoms with E-state index in [0.717, 1.165) is 10.9 Å². The Morgan fingerprint density at radius 1 is 1.08 bits per heavy atom. The van der Waals surface area contributed by atoms with Crippen LogP contribution < -0.4 is 5.32 Å². The Labute approximate surface area is 151 Å². The predicted molar refractivity (Wildman–Crippen MR) is 98.3 cm³/mol. The third-order valence-corrected chi connectivity index (χ3v) is 4.39. The van der Waals surface area contributed by atoms with Gasteiger partial charge in [-0.25, -0.2) is 0 Å². The van der Waals surface area contributed by atoms with Gasteiger partial charge in [-0.15, -0.1) is 0 Å². The van der Waals surface area contributed by atoms with Crippen molar-refractivity contribution in [1.82, 2.24) is 5.32 Å². The maximum atomic E-state index is 12.6. The number of aliphatic hydroxyl groups excluding tert-OH is 1. The number of benzene rings is 2. The molecule has 0 spiro atoms. The fourth-order valence-corrected chi connectivity index (χ4v) is 2.97. The molecule has 1 aromatic heterocycles. The lowest BCUT2D eigenvalue weighted by molar-refractivity contribution is -0.123. The van der Waals surface area contributed by atoms with E-state index in [0.29, 0.717) is 11.1 Å². The first-order valence-corrected chi connectivity index (χ1v) is 8.37. The highest BCUT2D eigenvalue weighted by atomic mass is 16.4. The molecule has 0 saturated heterocycles. The number of hydrogen-bond donors (Lipinski definition) is 4. The molecule has 7 heteroatoms. The first-order valence-electron chi connectivity index (χ1n) is 8.37. The average molecular weight is 353 g/mol. The number of fused-ring (bicyclic) bond motifs is 1. The third-order valence-electron chi connectivity index (χ3n) is 4.39. The maximum Gasteiger partial charge on any atom is 0.475 e. The monoisotopic (exact) mass is 353 g/mol. The molecule has 0 aliphatic heterocycles. The molecule has 1 heterocycles. The van der Waals surface area contributed by atoms with Crippen LogP contribution in [0.4, 0.5) is 0 Å². The van der Waals surface area contributed by atoms with Crippen LogP contribution in [0.2, 0.25) is 0 Å². The van der Waals surface area contributed by atoms with E-state index >= 15 is 0 Å². The molecule has 4 N–H and O–H groups in total. The van der Waals surface area contributed by atoms with Gasteiger partial charge < -0.3 is 24.9 Å². The minimum Gasteiger partial charge on any atom is -0.464 e. The zero-order valence-corrected chi connectivity index (χ0v) is 14.1. The number of rotatable bonds is 7. The summed E-state index contributed by atoms with van der Waals surface area (Å²) in [5, 5.41) is 32.5. The van der Waals surface area contributed by atoms with Crippen molar-refractivity contribution >= 4 is 24.0 Å². The Hall–Kier alpha value is -2.61. The van der Waals surface area contributed by atoms with Gasteiger partial charge in [0.2, 0.25) is 5.91 Å². The molecule has 0 radical (unpaired) electrons. The van der Waals surface area contributed by atoms with Crippen LogP contribution >= 0.6 is 0 Å². The molecule has 2 atom stereocenters. The van der Waals surface area contributed by atoms with Gasteiger partial charge in [0.1, 0.15) is 5.58 Å². The first-order chi connectivity index (χ1) is 12.6. The van der Waals surface area contributed by atoms with Crippen molar-refractivity contribution in [2.24, 2.45) is 0 Å². The lowest BCUT2D eigenvalue weighted by atomic mass is 9.75. The normalized spacial score (nSPS) is 13.3. The van der Waals surface area contributed by atoms with E-state index in [4.69, 9.17) is 4.42 Å². The topological polar surface area (TPSA) is 103 Å². The molecule has 0 aliphatic carbocycles. The fourth-order valence-electron chi connectivity index (χ4n) is 2.97. The lowest BCUT2D eigenvalue weighted by Crippen LogP contribution is -2.49. The molecule has 0 bridgehead atoms. The van der Waals surface area contributed by atoms with Crippen LogP contribution in [0.25, 0.3) is 11.0 Å². The predicted octanol–water partition coefficient (Wildman–Crippen LogP) is 1.25. The van der Waals surface area contributed by atoms with E-state index < -0.39 is 24.9 Å². The highest BCUT2D eigenvalue weighted by molar-refractivity contribution is 6.43. The number of para-hydroxylation sites is 1. The van der Waals surface area contributed by atoms with E-state index in [1.165, 1.54) is 0 Å². The molecule has 2 aromatic carbocycles. The van der Waals surface area contributed by atoms with Gasteiger partial charge in [-0.1, -0.05) is 48.5 Å². The zero-order chi connectivity index (χ0) is 18.5. The van der Waals surface area contributed by atoms with Crippen LogP contribution in [-0.4, -0.2) is 40.7 Å². The molecular formula is C19H20BNO5. The summed E-state index contributed by atoms with van der Waals surface area (Å²) in [5.41, 5.74) is 2.12. The molecule has 0 saturated carbocycles. The number of furan rings is 1. The number of amides is 1. The van der Waals surface area contributed by atoms with Crippen molar-refractivity contribution in [3.8, 4) is 0 Å². The van der Waals surface area contributed by atoms with Gasteiger partial charge in [-0.3, -0.25) is 4.79 Å². The van der Waals surface area contributed by atoms with Crippen LogP contribution in [0, 0.1) is 0 Å². The molecule has 0 fully saturated rings. The molecule has 3 rings (SSSR count). The SMILES string of the molecule is O=C(N[C@H](Cc1coc2ccccc12)B(O)O)C(CO)c1ccccc1. The highest BCUT2D eigenvalue weighted by Crippen LogP contribution is 2.22. The summed E-state index contributed by atoms with van der Waals surface area (Å²) in [6.07, 6.45) is 1.74. The Morgan fingerprint density at radius 3 is 2.46 bits per heavy atom. The van der Waals surface area contributed by atoms with Gasteiger partial charge in [0.15, 0.2) is 0 Å². The van der Waals surface area contributed by atoms with Gasteiger partial charge in [0.25, 0.3) is 0 Å². The number of nitrogens with one attached hydrogen (secondary N) is 1. The Morgan fingerprint density at radius 2 is 1.77 bits per heavy atom. The van der Waals surface area contributed by atoms with Gasteiger partial charge in [0.05, 0.1) is 24.7 Å². The van der Waals surface area contributed by atoms with E-state index in [1.54, 1.807) is 30.5 Å². The number of hydrogen-bond acceptors (Lipinski definition) is 5. The fraction of sp³-hybridized carbons (Fsp3) is 0.211. The molecule has 6 nitrogen and oxygen atoms in total. The molecular weight excluding hydrogens is 333 g/mol. The molecule has 0 aliphatic rings. The summed E-state index contributed by atoms with van der Waals surface area (Å²) in [6, 6.07) is 16.3. The van der Waals surface area contributed by atoms with Crippen molar-refractivity contribution < 1.29 is 24.4 Å². The number of carbonyl (C=O) groups is 1. The highest BCUT2D eigenvalue weighted by Gasteiger charge is 2.30. The number of carbonyl (C=O) groups excluding carboxylic acids is 1. The van der Waals surface area contributed by atoms with Crippen molar-refractivity contribution in [3.05, 3.63) is 72.0 Å². The Bertz CT molecular complexity index is 865. The molecule has 3 aromatic rings. The van der Waals surface area contributed by atoms with Crippen LogP contribution in [0.1, 0.15) is 17.0 Å². The summed E-state index contributed by atoms with van der Waals surface area (Å²) in [5.74, 6) is -2.18. The smallest absolute Gasteiger partial charge is 0.464 e. The van der Waals surface area contributed by atoms with E-state index in [9.17, 15) is 19.9 Å². The summed E-state index contributed by atoms with van der Waals surface area (Å²) < 4.78 is 5.46. The summed E-state index contributed by atoms with van der Waals surface area (Å²) in [7, 11) is -1.75. The molecule has 134 valence electrons. The average Bonchev–Trinajstić information content (AvgIpc) is 3.06. The Kier molecular flexibility index (Phi) is 5.73. The van der Waals surface area contributed by atoms with E-state index in [2.05, 4.69) is 5.32 Å². The lowest BCUT2D eigenvalue weighted by Gasteiger charge is -2.21. The maximum absolute atomic E-state index is 12.6. The largest absolute Gasteiger partial charge is 0.475 e. The van der Waals surface area contributed by atoms with Crippen molar-refractivity contribution in [2.75, 3.05) is 6.61 Å². The van der Waals surface area contributed by atoms with E-state index in [-0.39, 0.29) is 13.0 Å². The van der Waals surface area contributed by atoms with Gasteiger partial charge in [0, 0.05) is 5.39 Å². The van der Waals surface area contributed by atoms with Gasteiger partial charge in [-0.2, -0.15) is 0 Å². The first kappa shape index (κ1) is 18.2. The third kappa shape index (κ3) is 3.96. The quantitative estimate of drug-likeness (QED) is 0.479. The second-order valence-corrected chi connectivity index (χ2v) is 6.14. The summed E-state index contributed by atoms with van der Waals surface area (Å²) in [4.78, 5) is 12.6. The van der Waals surface area contributed by atoms with Gasteiger partial charge >= 0.3 is 7.12 Å². The molecule has 1 unspecified atom stereocenters.